The molecule has 13 heavy (non-hydrogen) atoms. The highest BCUT2D eigenvalue weighted by Gasteiger charge is 2.06. The van der Waals surface area contributed by atoms with Gasteiger partial charge in [-0.15, -0.1) is 0 Å². The molecule has 2 rings (SSSR count). The molecule has 0 aliphatic heterocycles. The number of nitro groups is 1. The standard InChI is InChI=1S/C7H4BrN3O2/c8-6-4-10-3-5(11(12)13)1-2-7(10)9-6/h1-4H. The first-order valence-electron chi connectivity index (χ1n) is 3.45. The quantitative estimate of drug-likeness (QED) is 0.567. The summed E-state index contributed by atoms with van der Waals surface area (Å²) in [7, 11) is 0. The molecule has 0 fully saturated rings. The number of aromatic nitrogens is 2. The van der Waals surface area contributed by atoms with Crippen LogP contribution in [0.4, 0.5) is 5.69 Å². The normalized spacial score (nSPS) is 10.5. The third kappa shape index (κ3) is 1.40. The van der Waals surface area contributed by atoms with Crippen LogP contribution in [-0.2, 0) is 0 Å². The maximum absolute atomic E-state index is 10.4. The average molecular weight is 242 g/mol. The van der Waals surface area contributed by atoms with E-state index in [1.165, 1.54) is 12.3 Å². The summed E-state index contributed by atoms with van der Waals surface area (Å²) < 4.78 is 2.26. The first-order chi connectivity index (χ1) is 6.16. The van der Waals surface area contributed by atoms with Crippen molar-refractivity contribution in [1.29, 1.82) is 0 Å². The average Bonchev–Trinajstić information content (AvgIpc) is 2.42. The lowest BCUT2D eigenvalue weighted by molar-refractivity contribution is -0.385. The van der Waals surface area contributed by atoms with Crippen LogP contribution in [0.25, 0.3) is 5.65 Å². The van der Waals surface area contributed by atoms with Gasteiger partial charge in [0.2, 0.25) is 0 Å². The van der Waals surface area contributed by atoms with Crippen molar-refractivity contribution in [3.63, 3.8) is 0 Å². The minimum Gasteiger partial charge on any atom is -0.299 e. The van der Waals surface area contributed by atoms with Crippen LogP contribution in [0.5, 0.6) is 0 Å². The van der Waals surface area contributed by atoms with E-state index in [-0.39, 0.29) is 5.69 Å². The maximum Gasteiger partial charge on any atom is 0.286 e. The van der Waals surface area contributed by atoms with Gasteiger partial charge in [0.25, 0.3) is 5.69 Å². The molecule has 2 aromatic heterocycles. The van der Waals surface area contributed by atoms with Crippen LogP contribution >= 0.6 is 15.9 Å². The van der Waals surface area contributed by atoms with Crippen LogP contribution in [0, 0.1) is 10.1 Å². The highest BCUT2D eigenvalue weighted by atomic mass is 79.9. The van der Waals surface area contributed by atoms with Gasteiger partial charge in [0.15, 0.2) is 0 Å². The Morgan fingerprint density at radius 2 is 2.23 bits per heavy atom. The van der Waals surface area contributed by atoms with Crippen molar-refractivity contribution in [2.45, 2.75) is 0 Å². The molecule has 0 amide bonds. The molecule has 0 aliphatic carbocycles. The molecule has 2 aromatic rings. The summed E-state index contributed by atoms with van der Waals surface area (Å²) in [6.07, 6.45) is 3.09. The first kappa shape index (κ1) is 8.18. The van der Waals surface area contributed by atoms with Crippen LogP contribution in [0.3, 0.4) is 0 Å². The molecule has 0 N–H and O–H groups in total. The summed E-state index contributed by atoms with van der Waals surface area (Å²) in [5.74, 6) is 0. The smallest absolute Gasteiger partial charge is 0.286 e. The third-order valence-electron chi connectivity index (χ3n) is 1.62. The zero-order valence-corrected chi connectivity index (χ0v) is 7.93. The fourth-order valence-electron chi connectivity index (χ4n) is 1.06. The van der Waals surface area contributed by atoms with Crippen LogP contribution in [0.1, 0.15) is 0 Å². The van der Waals surface area contributed by atoms with Crippen LogP contribution in [0.2, 0.25) is 0 Å². The number of rotatable bonds is 1. The first-order valence-corrected chi connectivity index (χ1v) is 4.25. The van der Waals surface area contributed by atoms with Crippen molar-refractivity contribution < 1.29 is 4.92 Å². The van der Waals surface area contributed by atoms with E-state index in [4.69, 9.17) is 0 Å². The molecule has 0 radical (unpaired) electrons. The van der Waals surface area contributed by atoms with E-state index in [1.807, 2.05) is 0 Å². The van der Waals surface area contributed by atoms with Crippen LogP contribution < -0.4 is 0 Å². The summed E-state index contributed by atoms with van der Waals surface area (Å²) in [5, 5.41) is 10.4. The number of imidazole rings is 1. The Balaban J connectivity index is 2.67. The van der Waals surface area contributed by atoms with E-state index >= 15 is 0 Å². The molecule has 0 spiro atoms. The van der Waals surface area contributed by atoms with Gasteiger partial charge in [0, 0.05) is 12.3 Å². The van der Waals surface area contributed by atoms with Gasteiger partial charge in [-0.2, -0.15) is 0 Å². The lowest BCUT2D eigenvalue weighted by Crippen LogP contribution is -1.90. The summed E-state index contributed by atoms with van der Waals surface area (Å²) in [6.45, 7) is 0. The van der Waals surface area contributed by atoms with Gasteiger partial charge in [-0.05, 0) is 22.0 Å². The third-order valence-corrected chi connectivity index (χ3v) is 2.00. The van der Waals surface area contributed by atoms with Gasteiger partial charge in [-0.3, -0.25) is 14.5 Å². The second-order valence-electron chi connectivity index (χ2n) is 2.47. The van der Waals surface area contributed by atoms with Gasteiger partial charge in [0.05, 0.1) is 11.1 Å². The maximum atomic E-state index is 10.4. The van der Waals surface area contributed by atoms with Crippen LogP contribution in [0.15, 0.2) is 29.1 Å². The SMILES string of the molecule is O=[N+]([O-])c1ccc2nc(Br)cn2c1. The van der Waals surface area contributed by atoms with E-state index in [9.17, 15) is 10.1 Å². The number of halogens is 1. The minimum absolute atomic E-state index is 0.0531. The second-order valence-corrected chi connectivity index (χ2v) is 3.29. The van der Waals surface area contributed by atoms with Gasteiger partial charge in [0.1, 0.15) is 10.3 Å². The molecule has 0 unspecified atom stereocenters. The monoisotopic (exact) mass is 241 g/mol. The number of hydrogen-bond donors (Lipinski definition) is 0. The molecule has 0 saturated heterocycles. The minimum atomic E-state index is -0.437. The highest BCUT2D eigenvalue weighted by molar-refractivity contribution is 9.10. The van der Waals surface area contributed by atoms with Gasteiger partial charge >= 0.3 is 0 Å². The van der Waals surface area contributed by atoms with Gasteiger partial charge < -0.3 is 0 Å². The highest BCUT2D eigenvalue weighted by Crippen LogP contribution is 2.15. The van der Waals surface area contributed by atoms with E-state index in [0.29, 0.717) is 10.3 Å². The zero-order valence-electron chi connectivity index (χ0n) is 6.35. The molecule has 0 aromatic carbocycles. The predicted octanol–water partition coefficient (Wildman–Crippen LogP) is 2.00. The zero-order chi connectivity index (χ0) is 9.42. The second kappa shape index (κ2) is 2.81. The summed E-state index contributed by atoms with van der Waals surface area (Å²) in [5.41, 5.74) is 0.731. The summed E-state index contributed by atoms with van der Waals surface area (Å²) in [4.78, 5) is 14.0. The molecule has 6 heteroatoms. The van der Waals surface area contributed by atoms with Crippen molar-refractivity contribution in [3.8, 4) is 0 Å². The fourth-order valence-corrected chi connectivity index (χ4v) is 1.46. The summed E-state index contributed by atoms with van der Waals surface area (Å²) in [6, 6.07) is 3.03. The number of pyridine rings is 1. The topological polar surface area (TPSA) is 60.4 Å². The number of hydrogen-bond acceptors (Lipinski definition) is 3. The van der Waals surface area contributed by atoms with Crippen molar-refractivity contribution in [3.05, 3.63) is 39.2 Å². The Morgan fingerprint density at radius 1 is 1.46 bits per heavy atom. The van der Waals surface area contributed by atoms with Gasteiger partial charge in [-0.25, -0.2) is 4.98 Å². The number of fused-ring (bicyclic) bond motifs is 1. The summed E-state index contributed by atoms with van der Waals surface area (Å²) >= 11 is 3.18. The molecular formula is C7H4BrN3O2. The van der Waals surface area contributed by atoms with Crippen molar-refractivity contribution in [1.82, 2.24) is 9.38 Å². The predicted molar refractivity (Wildman–Crippen MR) is 49.5 cm³/mol. The molecule has 0 bridgehead atoms. The van der Waals surface area contributed by atoms with E-state index in [2.05, 4.69) is 20.9 Å². The van der Waals surface area contributed by atoms with Crippen molar-refractivity contribution in [2.24, 2.45) is 0 Å². The van der Waals surface area contributed by atoms with E-state index in [1.54, 1.807) is 16.7 Å². The number of nitrogens with zero attached hydrogens (tertiary/aromatic N) is 3. The molecule has 2 heterocycles. The van der Waals surface area contributed by atoms with Crippen molar-refractivity contribution >= 4 is 27.3 Å². The molecule has 5 nitrogen and oxygen atoms in total. The molecule has 66 valence electrons. The Hall–Kier alpha value is -1.43. The van der Waals surface area contributed by atoms with Crippen LogP contribution in [-0.4, -0.2) is 14.3 Å². The largest absolute Gasteiger partial charge is 0.299 e. The van der Waals surface area contributed by atoms with E-state index in [0.717, 1.165) is 0 Å². The lowest BCUT2D eigenvalue weighted by atomic mass is 10.4. The molecule has 0 saturated carbocycles. The molecular weight excluding hydrogens is 238 g/mol. The molecule has 0 aliphatic rings. The Labute approximate surface area is 81.3 Å². The van der Waals surface area contributed by atoms with Crippen molar-refractivity contribution in [2.75, 3.05) is 0 Å². The molecule has 0 atom stereocenters. The Bertz CT molecular complexity index is 480. The Morgan fingerprint density at radius 3 is 2.92 bits per heavy atom. The lowest BCUT2D eigenvalue weighted by Gasteiger charge is -1.92. The Kier molecular flexibility index (Phi) is 1.77. The van der Waals surface area contributed by atoms with Gasteiger partial charge in [-0.1, -0.05) is 0 Å². The fraction of sp³-hybridized carbons (Fsp3) is 0. The van der Waals surface area contributed by atoms with E-state index < -0.39 is 4.92 Å².